The predicted molar refractivity (Wildman–Crippen MR) is 110 cm³/mol. The number of hydrogen-bond donors (Lipinski definition) is 1. The molecule has 0 aromatic carbocycles. The van der Waals surface area contributed by atoms with E-state index in [2.05, 4.69) is 40.8 Å². The number of hydrogen-bond acceptors (Lipinski definition) is 9. The molecule has 12 heteroatoms. The third-order valence-corrected chi connectivity index (χ3v) is 5.12. The van der Waals surface area contributed by atoms with E-state index < -0.39 is 11.6 Å². The Morgan fingerprint density at radius 3 is 2.84 bits per heavy atom. The molecule has 1 aliphatic rings. The van der Waals surface area contributed by atoms with Crippen molar-refractivity contribution < 1.29 is 8.78 Å². The molecule has 0 atom stereocenters. The van der Waals surface area contributed by atoms with Gasteiger partial charge in [-0.1, -0.05) is 0 Å². The van der Waals surface area contributed by atoms with Gasteiger partial charge in [0.1, 0.15) is 17.8 Å². The first-order valence-electron chi connectivity index (χ1n) is 9.90. The molecule has 0 amide bonds. The van der Waals surface area contributed by atoms with Crippen molar-refractivity contribution in [2.45, 2.75) is 26.6 Å². The summed E-state index contributed by atoms with van der Waals surface area (Å²) in [5.41, 5.74) is 2.21. The summed E-state index contributed by atoms with van der Waals surface area (Å²) in [5, 5.41) is 14.3. The number of aryl methyl sites for hydroxylation is 1. The zero-order valence-corrected chi connectivity index (χ0v) is 17.1. The highest BCUT2D eigenvalue weighted by molar-refractivity contribution is 5.60. The molecule has 0 radical (unpaired) electrons. The molecule has 32 heavy (non-hydrogen) atoms. The van der Waals surface area contributed by atoms with Crippen LogP contribution in [0.5, 0.6) is 0 Å². The van der Waals surface area contributed by atoms with E-state index in [9.17, 15) is 4.39 Å². The van der Waals surface area contributed by atoms with Gasteiger partial charge in [0, 0.05) is 36.7 Å². The van der Waals surface area contributed by atoms with Crippen LogP contribution in [0.1, 0.15) is 17.1 Å². The van der Waals surface area contributed by atoms with Crippen molar-refractivity contribution in [3.8, 4) is 11.3 Å². The van der Waals surface area contributed by atoms with E-state index in [1.165, 1.54) is 12.4 Å². The molecular weight excluding hydrogens is 418 g/mol. The zero-order chi connectivity index (χ0) is 22.1. The Bertz CT molecular complexity index is 1270. The summed E-state index contributed by atoms with van der Waals surface area (Å²) in [7, 11) is 0. The Labute approximate surface area is 181 Å². The van der Waals surface area contributed by atoms with Crippen molar-refractivity contribution in [1.82, 2.24) is 40.1 Å². The Kier molecular flexibility index (Phi) is 5.09. The van der Waals surface area contributed by atoms with Gasteiger partial charge in [0.2, 0.25) is 5.82 Å². The first kappa shape index (κ1) is 19.8. The van der Waals surface area contributed by atoms with E-state index in [-0.39, 0.29) is 23.9 Å². The number of tetrazole rings is 1. The number of rotatable bonds is 5. The summed E-state index contributed by atoms with van der Waals surface area (Å²) in [5.74, 6) is -0.246. The number of aromatic nitrogens is 8. The molecule has 1 N–H and O–H groups in total. The summed E-state index contributed by atoms with van der Waals surface area (Å²) in [4.78, 5) is 18.2. The molecule has 162 valence electrons. The minimum atomic E-state index is -0.592. The van der Waals surface area contributed by atoms with Gasteiger partial charge in [-0.3, -0.25) is 9.97 Å². The van der Waals surface area contributed by atoms with Crippen LogP contribution in [0.4, 0.5) is 20.4 Å². The second-order valence-corrected chi connectivity index (χ2v) is 7.31. The van der Waals surface area contributed by atoms with Gasteiger partial charge < -0.3 is 10.2 Å². The molecule has 5 rings (SSSR count). The molecule has 4 aromatic rings. The standard InChI is InChI=1S/C20H18F2N10/c1-12-6-14(2-3-23-12)18-15(21)7-13(8-24-18)9-25-19-17(22)20(27-11-26-19)31-4-5-32-16(10-31)28-29-30-32/h2-3,6-8,11H,4-5,9-10H2,1H3,(H,25,26,27). The van der Waals surface area contributed by atoms with E-state index >= 15 is 4.39 Å². The number of nitrogens with one attached hydrogen (secondary N) is 1. The van der Waals surface area contributed by atoms with Crippen molar-refractivity contribution >= 4 is 11.6 Å². The van der Waals surface area contributed by atoms with Crippen LogP contribution in [0.2, 0.25) is 0 Å². The maximum absolute atomic E-state index is 15.1. The van der Waals surface area contributed by atoms with Gasteiger partial charge in [-0.2, -0.15) is 4.39 Å². The topological polar surface area (TPSA) is 110 Å². The highest BCUT2D eigenvalue weighted by Crippen LogP contribution is 2.25. The van der Waals surface area contributed by atoms with E-state index in [0.29, 0.717) is 36.6 Å². The number of pyridine rings is 2. The predicted octanol–water partition coefficient (Wildman–Crippen LogP) is 2.14. The maximum Gasteiger partial charge on any atom is 0.207 e. The average molecular weight is 436 g/mol. The number of halogens is 2. The van der Waals surface area contributed by atoms with Gasteiger partial charge >= 0.3 is 0 Å². The fourth-order valence-electron chi connectivity index (χ4n) is 3.53. The van der Waals surface area contributed by atoms with Gasteiger partial charge in [0.25, 0.3) is 0 Å². The average Bonchev–Trinajstić information content (AvgIpc) is 3.26. The van der Waals surface area contributed by atoms with Crippen molar-refractivity contribution in [2.24, 2.45) is 0 Å². The SMILES string of the molecule is Cc1cc(-c2ncc(CNc3ncnc(N4CCn5nnnc5C4)c3F)cc2F)ccn1. The van der Waals surface area contributed by atoms with Crippen LogP contribution < -0.4 is 10.2 Å². The van der Waals surface area contributed by atoms with E-state index in [0.717, 1.165) is 5.69 Å². The number of anilines is 2. The first-order valence-corrected chi connectivity index (χ1v) is 9.90. The maximum atomic E-state index is 15.1. The summed E-state index contributed by atoms with van der Waals surface area (Å²) < 4.78 is 31.4. The van der Waals surface area contributed by atoms with Crippen LogP contribution in [0, 0.1) is 18.6 Å². The molecule has 0 spiro atoms. The molecule has 1 aliphatic heterocycles. The summed E-state index contributed by atoms with van der Waals surface area (Å²) in [6.07, 6.45) is 4.44. The normalized spacial score (nSPS) is 13.2. The van der Waals surface area contributed by atoms with E-state index in [1.54, 1.807) is 34.1 Å². The summed E-state index contributed by atoms with van der Waals surface area (Å²) in [6, 6.07) is 4.84. The second kappa shape index (κ2) is 8.21. The lowest BCUT2D eigenvalue weighted by Gasteiger charge is -2.27. The second-order valence-electron chi connectivity index (χ2n) is 7.31. The molecule has 0 saturated carbocycles. The fraction of sp³-hybridized carbons (Fsp3) is 0.250. The molecule has 4 aromatic heterocycles. The third kappa shape index (κ3) is 3.82. The third-order valence-electron chi connectivity index (χ3n) is 5.12. The Balaban J connectivity index is 1.31. The Hall–Kier alpha value is -4.09. The molecule has 0 saturated heterocycles. The lowest BCUT2D eigenvalue weighted by Crippen LogP contribution is -2.35. The minimum Gasteiger partial charge on any atom is -0.363 e. The van der Waals surface area contributed by atoms with Crippen molar-refractivity contribution in [2.75, 3.05) is 16.8 Å². The van der Waals surface area contributed by atoms with Gasteiger partial charge in [-0.25, -0.2) is 19.0 Å². The van der Waals surface area contributed by atoms with Crippen LogP contribution in [0.25, 0.3) is 11.3 Å². The zero-order valence-electron chi connectivity index (χ0n) is 17.1. The Morgan fingerprint density at radius 2 is 2.00 bits per heavy atom. The highest BCUT2D eigenvalue weighted by atomic mass is 19.1. The fourth-order valence-corrected chi connectivity index (χ4v) is 3.53. The van der Waals surface area contributed by atoms with Crippen LogP contribution in [-0.2, 0) is 19.6 Å². The lowest BCUT2D eigenvalue weighted by molar-refractivity contribution is 0.494. The summed E-state index contributed by atoms with van der Waals surface area (Å²) in [6.45, 7) is 3.35. The van der Waals surface area contributed by atoms with Gasteiger partial charge in [0.15, 0.2) is 17.5 Å². The quantitative estimate of drug-likeness (QED) is 0.503. The van der Waals surface area contributed by atoms with Crippen LogP contribution in [0.3, 0.4) is 0 Å². The molecule has 0 aliphatic carbocycles. The van der Waals surface area contributed by atoms with E-state index in [1.807, 2.05) is 6.92 Å². The summed E-state index contributed by atoms with van der Waals surface area (Å²) >= 11 is 0. The van der Waals surface area contributed by atoms with E-state index in [4.69, 9.17) is 0 Å². The number of fused-ring (bicyclic) bond motifs is 1. The smallest absolute Gasteiger partial charge is 0.207 e. The van der Waals surface area contributed by atoms with Crippen molar-refractivity contribution in [3.63, 3.8) is 0 Å². The highest BCUT2D eigenvalue weighted by Gasteiger charge is 2.24. The lowest BCUT2D eigenvalue weighted by atomic mass is 10.1. The van der Waals surface area contributed by atoms with Gasteiger partial charge in [0.05, 0.1) is 13.1 Å². The molecule has 0 fully saturated rings. The van der Waals surface area contributed by atoms with Crippen molar-refractivity contribution in [3.05, 3.63) is 65.6 Å². The molecule has 10 nitrogen and oxygen atoms in total. The molecule has 5 heterocycles. The monoisotopic (exact) mass is 436 g/mol. The van der Waals surface area contributed by atoms with Crippen LogP contribution in [-0.4, -0.2) is 46.7 Å². The van der Waals surface area contributed by atoms with Crippen LogP contribution in [0.15, 0.2) is 36.9 Å². The number of nitrogens with zero attached hydrogens (tertiary/aromatic N) is 9. The molecule has 0 unspecified atom stereocenters. The molecule has 0 bridgehead atoms. The minimum absolute atomic E-state index is 0.0226. The van der Waals surface area contributed by atoms with Crippen LogP contribution >= 0.6 is 0 Å². The van der Waals surface area contributed by atoms with Crippen molar-refractivity contribution in [1.29, 1.82) is 0 Å². The first-order chi connectivity index (χ1) is 15.6. The largest absolute Gasteiger partial charge is 0.363 e. The Morgan fingerprint density at radius 1 is 1.09 bits per heavy atom. The van der Waals surface area contributed by atoms with Gasteiger partial charge in [-0.15, -0.1) is 5.10 Å². The molecular formula is C20H18F2N10. The van der Waals surface area contributed by atoms with Gasteiger partial charge in [-0.05, 0) is 41.1 Å².